The van der Waals surface area contributed by atoms with E-state index in [1.165, 1.54) is 34.5 Å². The number of carbonyl (C=O) groups is 1. The molecule has 0 bridgehead atoms. The molecule has 0 saturated carbocycles. The summed E-state index contributed by atoms with van der Waals surface area (Å²) in [6.07, 6.45) is 1.77. The van der Waals surface area contributed by atoms with Gasteiger partial charge in [0.25, 0.3) is 5.56 Å². The van der Waals surface area contributed by atoms with Crippen molar-refractivity contribution in [2.75, 3.05) is 18.1 Å². The Morgan fingerprint density at radius 1 is 1.31 bits per heavy atom. The minimum absolute atomic E-state index is 0.0342. The van der Waals surface area contributed by atoms with Crippen LogP contribution in [0.25, 0.3) is 11.2 Å². The van der Waals surface area contributed by atoms with Gasteiger partial charge in [0.1, 0.15) is 6.54 Å². The molecule has 1 aliphatic heterocycles. The highest BCUT2D eigenvalue weighted by Gasteiger charge is 2.34. The molecule has 1 fully saturated rings. The van der Waals surface area contributed by atoms with Crippen molar-refractivity contribution >= 4 is 26.9 Å². The van der Waals surface area contributed by atoms with Gasteiger partial charge in [-0.15, -0.1) is 0 Å². The van der Waals surface area contributed by atoms with Gasteiger partial charge in [-0.05, 0) is 13.3 Å². The van der Waals surface area contributed by atoms with Crippen LogP contribution in [0, 0.1) is 0 Å². The molecule has 0 aliphatic carbocycles. The minimum atomic E-state index is -3.11. The lowest BCUT2D eigenvalue weighted by Gasteiger charge is -2.27. The van der Waals surface area contributed by atoms with Crippen molar-refractivity contribution in [3.8, 4) is 0 Å². The number of sulfone groups is 1. The monoisotopic (exact) mass is 383 g/mol. The Balaban J connectivity index is 1.95. The zero-order chi connectivity index (χ0) is 19.2. The average Bonchev–Trinajstić information content (AvgIpc) is 3.15. The van der Waals surface area contributed by atoms with Crippen molar-refractivity contribution in [2.24, 2.45) is 14.1 Å². The molecule has 0 unspecified atom stereocenters. The van der Waals surface area contributed by atoms with Gasteiger partial charge in [0.15, 0.2) is 21.0 Å². The molecule has 0 aromatic carbocycles. The lowest BCUT2D eigenvalue weighted by molar-refractivity contribution is -0.133. The Kier molecular flexibility index (Phi) is 4.51. The Bertz CT molecular complexity index is 1090. The van der Waals surface area contributed by atoms with Crippen molar-refractivity contribution < 1.29 is 13.2 Å². The van der Waals surface area contributed by atoms with Gasteiger partial charge >= 0.3 is 5.69 Å². The fraction of sp³-hybridized carbons (Fsp3) is 0.600. The van der Waals surface area contributed by atoms with Crippen molar-refractivity contribution in [2.45, 2.75) is 25.9 Å². The van der Waals surface area contributed by atoms with Crippen LogP contribution in [-0.4, -0.2) is 62.0 Å². The summed E-state index contributed by atoms with van der Waals surface area (Å²) >= 11 is 0. The van der Waals surface area contributed by atoms with Crippen LogP contribution in [0.5, 0.6) is 0 Å². The van der Waals surface area contributed by atoms with Crippen LogP contribution in [0.4, 0.5) is 0 Å². The first-order valence-corrected chi connectivity index (χ1v) is 10.1. The van der Waals surface area contributed by atoms with Crippen LogP contribution in [0.1, 0.15) is 13.3 Å². The van der Waals surface area contributed by atoms with E-state index < -0.39 is 21.1 Å². The predicted molar refractivity (Wildman–Crippen MR) is 94.7 cm³/mol. The van der Waals surface area contributed by atoms with Gasteiger partial charge in [-0.25, -0.2) is 18.2 Å². The molecule has 2 aromatic heterocycles. The minimum Gasteiger partial charge on any atom is -0.337 e. The summed E-state index contributed by atoms with van der Waals surface area (Å²) < 4.78 is 27.0. The summed E-state index contributed by atoms with van der Waals surface area (Å²) in [5.41, 5.74) is -0.652. The van der Waals surface area contributed by atoms with E-state index in [2.05, 4.69) is 4.98 Å². The topological polar surface area (TPSA) is 116 Å². The first-order valence-electron chi connectivity index (χ1n) is 8.27. The molecule has 0 radical (unpaired) electrons. The molecule has 0 N–H and O–H groups in total. The normalized spacial score (nSPS) is 19.1. The van der Waals surface area contributed by atoms with E-state index in [1.54, 1.807) is 6.92 Å². The number of rotatable bonds is 4. The van der Waals surface area contributed by atoms with E-state index in [9.17, 15) is 22.8 Å². The molecule has 1 atom stereocenters. The second kappa shape index (κ2) is 6.38. The molecular weight excluding hydrogens is 362 g/mol. The van der Waals surface area contributed by atoms with Crippen LogP contribution >= 0.6 is 0 Å². The highest BCUT2D eigenvalue weighted by atomic mass is 32.2. The van der Waals surface area contributed by atoms with Gasteiger partial charge in [-0.2, -0.15) is 0 Å². The number of hydrogen-bond donors (Lipinski definition) is 0. The van der Waals surface area contributed by atoms with E-state index in [-0.39, 0.29) is 41.2 Å². The summed E-state index contributed by atoms with van der Waals surface area (Å²) in [7, 11) is -0.237. The number of hydrogen-bond acceptors (Lipinski definition) is 6. The van der Waals surface area contributed by atoms with Gasteiger partial charge in [-0.1, -0.05) is 0 Å². The van der Waals surface area contributed by atoms with Crippen LogP contribution in [0.3, 0.4) is 0 Å². The molecule has 11 heteroatoms. The number of amides is 1. The molecular formula is C15H21N5O5S. The maximum absolute atomic E-state index is 12.7. The lowest BCUT2D eigenvalue weighted by Crippen LogP contribution is -2.43. The largest absolute Gasteiger partial charge is 0.337 e. The van der Waals surface area contributed by atoms with Crippen molar-refractivity contribution in [1.29, 1.82) is 0 Å². The molecule has 0 spiro atoms. The van der Waals surface area contributed by atoms with Gasteiger partial charge in [0.05, 0.1) is 17.8 Å². The van der Waals surface area contributed by atoms with Crippen molar-refractivity contribution in [3.05, 3.63) is 27.2 Å². The SMILES string of the molecule is CCN(C(=O)Cn1cnc2c1c(=O)n(C)c(=O)n2C)[C@@H]1CCS(=O)(=O)C1. The van der Waals surface area contributed by atoms with E-state index in [4.69, 9.17) is 0 Å². The molecule has 10 nitrogen and oxygen atoms in total. The third-order valence-electron chi connectivity index (χ3n) is 4.83. The number of nitrogens with zero attached hydrogens (tertiary/aromatic N) is 5. The molecule has 142 valence electrons. The standard InChI is InChI=1S/C15H21N5O5S/c1-4-20(10-5-6-26(24,25)8-10)11(21)7-19-9-16-13-12(19)14(22)18(3)15(23)17(13)2/h9-10H,4-8H2,1-3H3/t10-/m1/s1. The van der Waals surface area contributed by atoms with Gasteiger partial charge in [0, 0.05) is 26.7 Å². The molecule has 1 amide bonds. The number of fused-ring (bicyclic) bond motifs is 1. The van der Waals surface area contributed by atoms with Gasteiger partial charge < -0.3 is 9.47 Å². The number of carbonyl (C=O) groups excluding carboxylic acids is 1. The first kappa shape index (κ1) is 18.4. The number of likely N-dealkylation sites (N-methyl/N-ethyl adjacent to an activating group) is 1. The van der Waals surface area contributed by atoms with E-state index in [0.29, 0.717) is 13.0 Å². The van der Waals surface area contributed by atoms with Gasteiger partial charge in [-0.3, -0.25) is 18.7 Å². The molecule has 1 saturated heterocycles. The number of imidazole rings is 1. The molecule has 3 rings (SSSR count). The second-order valence-corrected chi connectivity index (χ2v) is 8.72. The molecule has 2 aromatic rings. The predicted octanol–water partition coefficient (Wildman–Crippen LogP) is -1.53. The summed E-state index contributed by atoms with van der Waals surface area (Å²) in [6.45, 7) is 2.02. The van der Waals surface area contributed by atoms with E-state index >= 15 is 0 Å². The third-order valence-corrected chi connectivity index (χ3v) is 6.58. The quantitative estimate of drug-likeness (QED) is 0.632. The first-order chi connectivity index (χ1) is 12.2. The maximum Gasteiger partial charge on any atom is 0.332 e. The Labute approximate surface area is 149 Å². The Morgan fingerprint density at radius 3 is 2.58 bits per heavy atom. The highest BCUT2D eigenvalue weighted by molar-refractivity contribution is 7.91. The number of aryl methyl sites for hydroxylation is 1. The molecule has 26 heavy (non-hydrogen) atoms. The average molecular weight is 383 g/mol. The zero-order valence-electron chi connectivity index (χ0n) is 14.9. The van der Waals surface area contributed by atoms with Crippen molar-refractivity contribution in [1.82, 2.24) is 23.6 Å². The molecule has 1 aliphatic rings. The van der Waals surface area contributed by atoms with E-state index in [1.807, 2.05) is 0 Å². The fourth-order valence-electron chi connectivity index (χ4n) is 3.41. The number of aromatic nitrogens is 4. The van der Waals surface area contributed by atoms with Crippen LogP contribution in [-0.2, 0) is 35.3 Å². The highest BCUT2D eigenvalue weighted by Crippen LogP contribution is 2.18. The fourth-order valence-corrected chi connectivity index (χ4v) is 5.14. The summed E-state index contributed by atoms with van der Waals surface area (Å²) in [4.78, 5) is 42.8. The summed E-state index contributed by atoms with van der Waals surface area (Å²) in [5.74, 6) is -0.240. The van der Waals surface area contributed by atoms with Crippen molar-refractivity contribution in [3.63, 3.8) is 0 Å². The van der Waals surface area contributed by atoms with Crippen LogP contribution in [0.2, 0.25) is 0 Å². The van der Waals surface area contributed by atoms with Gasteiger partial charge in [0.2, 0.25) is 5.91 Å². The smallest absolute Gasteiger partial charge is 0.332 e. The summed E-state index contributed by atoms with van der Waals surface area (Å²) in [5, 5.41) is 0. The van der Waals surface area contributed by atoms with Crippen LogP contribution in [0.15, 0.2) is 15.9 Å². The van der Waals surface area contributed by atoms with Crippen LogP contribution < -0.4 is 11.2 Å². The van der Waals surface area contributed by atoms with E-state index in [0.717, 1.165) is 4.57 Å². The lowest BCUT2D eigenvalue weighted by atomic mass is 10.2. The Hall–Kier alpha value is -2.43. The zero-order valence-corrected chi connectivity index (χ0v) is 15.7. The molecule has 3 heterocycles. The second-order valence-electron chi connectivity index (χ2n) is 6.49. The third kappa shape index (κ3) is 2.96. The Morgan fingerprint density at radius 2 is 2.00 bits per heavy atom. The summed E-state index contributed by atoms with van der Waals surface area (Å²) in [6, 6.07) is -0.348. The maximum atomic E-state index is 12.7.